The van der Waals surface area contributed by atoms with Crippen LogP contribution in [-0.2, 0) is 6.54 Å². The molecule has 0 unspecified atom stereocenters. The van der Waals surface area contributed by atoms with Crippen molar-refractivity contribution in [1.29, 1.82) is 0 Å². The van der Waals surface area contributed by atoms with E-state index in [0.717, 1.165) is 11.1 Å². The van der Waals surface area contributed by atoms with Crippen molar-refractivity contribution in [2.75, 3.05) is 0 Å². The van der Waals surface area contributed by atoms with Crippen LogP contribution < -0.4 is 5.32 Å². The smallest absolute Gasteiger partial charge is 0.263 e. The zero-order chi connectivity index (χ0) is 16.2. The van der Waals surface area contributed by atoms with Crippen molar-refractivity contribution in [1.82, 2.24) is 15.3 Å². The Bertz CT molecular complexity index is 816. The molecule has 6 heteroatoms. The topological polar surface area (TPSA) is 54.9 Å². The van der Waals surface area contributed by atoms with Gasteiger partial charge in [-0.2, -0.15) is 0 Å². The van der Waals surface area contributed by atoms with Crippen LogP contribution in [0.15, 0.2) is 48.8 Å². The third-order valence-electron chi connectivity index (χ3n) is 3.27. The third kappa shape index (κ3) is 3.60. The van der Waals surface area contributed by atoms with Gasteiger partial charge in [0.2, 0.25) is 0 Å². The van der Waals surface area contributed by atoms with Crippen LogP contribution in [0.5, 0.6) is 0 Å². The second-order valence-corrected chi connectivity index (χ2v) is 5.98. The van der Waals surface area contributed by atoms with Gasteiger partial charge in [-0.1, -0.05) is 6.07 Å². The molecule has 0 radical (unpaired) electrons. The summed E-state index contributed by atoms with van der Waals surface area (Å²) in [6.45, 7) is 2.21. The summed E-state index contributed by atoms with van der Waals surface area (Å²) in [5.74, 6) is -0.464. The van der Waals surface area contributed by atoms with E-state index in [4.69, 9.17) is 0 Å². The zero-order valence-corrected chi connectivity index (χ0v) is 13.2. The van der Waals surface area contributed by atoms with E-state index >= 15 is 0 Å². The molecule has 0 aliphatic heterocycles. The fraction of sp³-hybridized carbons (Fsp3) is 0.118. The number of hydrogen-bond acceptors (Lipinski definition) is 4. The highest BCUT2D eigenvalue weighted by Gasteiger charge is 2.16. The van der Waals surface area contributed by atoms with Crippen LogP contribution in [0.3, 0.4) is 0 Å². The molecule has 0 atom stereocenters. The molecular formula is C17H14FN3OS. The first-order valence-electron chi connectivity index (χ1n) is 7.04. The van der Waals surface area contributed by atoms with Crippen LogP contribution in [0.4, 0.5) is 4.39 Å². The molecule has 0 aliphatic carbocycles. The monoisotopic (exact) mass is 327 g/mol. The lowest BCUT2D eigenvalue weighted by molar-refractivity contribution is 0.0954. The first kappa shape index (κ1) is 15.3. The van der Waals surface area contributed by atoms with Gasteiger partial charge in [0.1, 0.15) is 15.7 Å². The molecule has 0 aliphatic rings. The van der Waals surface area contributed by atoms with Crippen molar-refractivity contribution in [2.24, 2.45) is 0 Å². The average Bonchev–Trinajstić information content (AvgIpc) is 2.96. The van der Waals surface area contributed by atoms with Crippen molar-refractivity contribution in [3.63, 3.8) is 0 Å². The molecular weight excluding hydrogens is 313 g/mol. The van der Waals surface area contributed by atoms with Gasteiger partial charge in [-0.25, -0.2) is 9.37 Å². The predicted octanol–water partition coefficient (Wildman–Crippen LogP) is 3.58. The lowest BCUT2D eigenvalue weighted by Gasteiger charge is -2.03. The lowest BCUT2D eigenvalue weighted by atomic mass is 10.2. The van der Waals surface area contributed by atoms with Gasteiger partial charge in [0.15, 0.2) is 0 Å². The van der Waals surface area contributed by atoms with Crippen molar-refractivity contribution in [3.8, 4) is 10.6 Å². The number of amides is 1. The molecule has 0 saturated heterocycles. The molecule has 0 bridgehead atoms. The van der Waals surface area contributed by atoms with E-state index in [1.54, 1.807) is 31.5 Å². The number of carbonyl (C=O) groups excluding carboxylic acids is 1. The van der Waals surface area contributed by atoms with Crippen LogP contribution in [-0.4, -0.2) is 15.9 Å². The number of hydrogen-bond donors (Lipinski definition) is 1. The first-order chi connectivity index (χ1) is 11.1. The minimum atomic E-state index is -0.295. The molecule has 3 rings (SSSR count). The molecule has 23 heavy (non-hydrogen) atoms. The summed E-state index contributed by atoms with van der Waals surface area (Å²) in [6, 6.07) is 9.81. The molecule has 2 aromatic heterocycles. The Labute approximate surface area is 137 Å². The van der Waals surface area contributed by atoms with Crippen molar-refractivity contribution < 1.29 is 9.18 Å². The molecule has 0 fully saturated rings. The Morgan fingerprint density at radius 3 is 2.74 bits per heavy atom. The van der Waals surface area contributed by atoms with Crippen molar-refractivity contribution in [3.05, 3.63) is 70.7 Å². The molecule has 0 saturated carbocycles. The summed E-state index contributed by atoms with van der Waals surface area (Å²) in [6.07, 6.45) is 3.40. The van der Waals surface area contributed by atoms with Gasteiger partial charge in [0.25, 0.3) is 5.91 Å². The Kier molecular flexibility index (Phi) is 4.43. The predicted molar refractivity (Wildman–Crippen MR) is 87.7 cm³/mol. The van der Waals surface area contributed by atoms with Crippen LogP contribution >= 0.6 is 11.3 Å². The molecule has 1 N–H and O–H groups in total. The third-order valence-corrected chi connectivity index (χ3v) is 4.48. The van der Waals surface area contributed by atoms with E-state index in [2.05, 4.69) is 15.3 Å². The maximum absolute atomic E-state index is 13.0. The van der Waals surface area contributed by atoms with Gasteiger partial charge in [0, 0.05) is 24.5 Å². The van der Waals surface area contributed by atoms with E-state index in [9.17, 15) is 9.18 Å². The molecule has 3 aromatic rings. The summed E-state index contributed by atoms with van der Waals surface area (Å²) < 4.78 is 13.0. The van der Waals surface area contributed by atoms with Crippen molar-refractivity contribution >= 4 is 17.2 Å². The SMILES string of the molecule is Cc1nc(-c2ccc(F)cc2)sc1C(=O)NCc1cccnc1. The number of aryl methyl sites for hydroxylation is 1. The second-order valence-electron chi connectivity index (χ2n) is 4.98. The number of pyridine rings is 1. The van der Waals surface area contributed by atoms with Crippen LogP contribution in [0.1, 0.15) is 20.9 Å². The van der Waals surface area contributed by atoms with Crippen LogP contribution in [0, 0.1) is 12.7 Å². The average molecular weight is 327 g/mol. The van der Waals surface area contributed by atoms with E-state index in [-0.39, 0.29) is 11.7 Å². The second kappa shape index (κ2) is 6.66. The number of aromatic nitrogens is 2. The number of nitrogens with one attached hydrogen (secondary N) is 1. The fourth-order valence-electron chi connectivity index (χ4n) is 2.09. The highest BCUT2D eigenvalue weighted by atomic mass is 32.1. The van der Waals surface area contributed by atoms with Crippen molar-refractivity contribution in [2.45, 2.75) is 13.5 Å². The zero-order valence-electron chi connectivity index (χ0n) is 12.4. The maximum atomic E-state index is 13.0. The minimum absolute atomic E-state index is 0.169. The molecule has 116 valence electrons. The molecule has 0 spiro atoms. The van der Waals surface area contributed by atoms with Crippen LogP contribution in [0.25, 0.3) is 10.6 Å². The van der Waals surface area contributed by atoms with Gasteiger partial charge in [-0.3, -0.25) is 9.78 Å². The van der Waals surface area contributed by atoms with E-state index in [1.165, 1.54) is 23.5 Å². The summed E-state index contributed by atoms with van der Waals surface area (Å²) in [7, 11) is 0. The number of halogens is 1. The molecule has 1 amide bonds. The normalized spacial score (nSPS) is 10.5. The minimum Gasteiger partial charge on any atom is -0.347 e. The Morgan fingerprint density at radius 2 is 2.04 bits per heavy atom. The van der Waals surface area contributed by atoms with Gasteiger partial charge < -0.3 is 5.32 Å². The summed E-state index contributed by atoms with van der Waals surface area (Å²) in [5.41, 5.74) is 2.39. The number of nitrogens with zero attached hydrogens (tertiary/aromatic N) is 2. The van der Waals surface area contributed by atoms with E-state index < -0.39 is 0 Å². The number of carbonyl (C=O) groups is 1. The standard InChI is InChI=1S/C17H14FN3OS/c1-11-15(16(22)20-10-12-3-2-8-19-9-12)23-17(21-11)13-4-6-14(18)7-5-13/h2-9H,10H2,1H3,(H,20,22). The molecule has 1 aromatic carbocycles. The number of thiazole rings is 1. The largest absolute Gasteiger partial charge is 0.347 e. The Morgan fingerprint density at radius 1 is 1.26 bits per heavy atom. The van der Waals surface area contributed by atoms with E-state index in [1.807, 2.05) is 12.1 Å². The molecule has 2 heterocycles. The van der Waals surface area contributed by atoms with Crippen LogP contribution in [0.2, 0.25) is 0 Å². The van der Waals surface area contributed by atoms with Gasteiger partial charge in [0.05, 0.1) is 5.69 Å². The van der Waals surface area contributed by atoms with Gasteiger partial charge in [-0.05, 0) is 42.8 Å². The Balaban J connectivity index is 1.75. The highest BCUT2D eigenvalue weighted by Crippen LogP contribution is 2.28. The summed E-state index contributed by atoms with van der Waals surface area (Å²) in [5, 5.41) is 3.56. The number of benzene rings is 1. The summed E-state index contributed by atoms with van der Waals surface area (Å²) in [4.78, 5) is 21.3. The quantitative estimate of drug-likeness (QED) is 0.797. The summed E-state index contributed by atoms with van der Waals surface area (Å²) >= 11 is 1.30. The highest BCUT2D eigenvalue weighted by molar-refractivity contribution is 7.17. The van der Waals surface area contributed by atoms with Gasteiger partial charge in [-0.15, -0.1) is 11.3 Å². The fourth-order valence-corrected chi connectivity index (χ4v) is 3.08. The maximum Gasteiger partial charge on any atom is 0.263 e. The van der Waals surface area contributed by atoms with E-state index in [0.29, 0.717) is 22.1 Å². The lowest BCUT2D eigenvalue weighted by Crippen LogP contribution is -2.22. The number of rotatable bonds is 4. The first-order valence-corrected chi connectivity index (χ1v) is 7.85. The Hall–Kier alpha value is -2.60. The molecule has 4 nitrogen and oxygen atoms in total. The van der Waals surface area contributed by atoms with Gasteiger partial charge >= 0.3 is 0 Å².